The third kappa shape index (κ3) is 1.28. The van der Waals surface area contributed by atoms with Gasteiger partial charge in [-0.05, 0) is 6.07 Å². The Balaban J connectivity index is 1.92. The third-order valence-electron chi connectivity index (χ3n) is 3.08. The molecule has 1 aromatic rings. The van der Waals surface area contributed by atoms with Gasteiger partial charge in [0.1, 0.15) is 11.2 Å². The average Bonchev–Trinajstić information content (AvgIpc) is 2.70. The van der Waals surface area contributed by atoms with E-state index in [1.165, 1.54) is 28.6 Å². The summed E-state index contributed by atoms with van der Waals surface area (Å²) in [5.74, 6) is 0.0587. The standard InChI is InChI=1S/C9H11N3O3S/c10-3-1-2-12(9(15)11-3)8-6(14)4-5(13)7(4)16-8/h1-2,4-8,13-14H,(H2,10,11,15)/t4?,5?,6-,7-,8+/m0/s1. The number of aliphatic hydroxyl groups is 2. The lowest BCUT2D eigenvalue weighted by atomic mass is 10.2. The minimum atomic E-state index is -0.701. The lowest BCUT2D eigenvalue weighted by Gasteiger charge is -2.19. The molecule has 0 bridgehead atoms. The predicted octanol–water partition coefficient (Wildman–Crippen LogP) is -1.21. The third-order valence-corrected chi connectivity index (χ3v) is 4.77. The number of hydrogen-bond acceptors (Lipinski definition) is 6. The van der Waals surface area contributed by atoms with Crippen LogP contribution >= 0.6 is 11.8 Å². The normalized spacial score (nSPS) is 40.8. The van der Waals surface area contributed by atoms with E-state index in [0.29, 0.717) is 0 Å². The molecule has 1 aliphatic heterocycles. The van der Waals surface area contributed by atoms with Gasteiger partial charge >= 0.3 is 5.69 Å². The Hall–Kier alpha value is -1.05. The van der Waals surface area contributed by atoms with Crippen LogP contribution < -0.4 is 11.4 Å². The minimum absolute atomic E-state index is 0.0458. The van der Waals surface area contributed by atoms with Crippen LogP contribution in [0.25, 0.3) is 0 Å². The van der Waals surface area contributed by atoms with Gasteiger partial charge in [0.2, 0.25) is 0 Å². The molecule has 5 atom stereocenters. The zero-order valence-electron chi connectivity index (χ0n) is 8.22. The summed E-state index contributed by atoms with van der Waals surface area (Å²) in [6, 6.07) is 1.52. The molecule has 1 aliphatic carbocycles. The van der Waals surface area contributed by atoms with Crippen molar-refractivity contribution < 1.29 is 10.2 Å². The fraction of sp³-hybridized carbons (Fsp3) is 0.556. The van der Waals surface area contributed by atoms with Crippen LogP contribution in [-0.2, 0) is 0 Å². The molecule has 2 fully saturated rings. The van der Waals surface area contributed by atoms with Crippen molar-refractivity contribution in [3.63, 3.8) is 0 Å². The number of thioether (sulfide) groups is 1. The molecule has 1 saturated heterocycles. The maximum absolute atomic E-state index is 11.6. The summed E-state index contributed by atoms with van der Waals surface area (Å²) in [5, 5.41) is 19.0. The van der Waals surface area contributed by atoms with Crippen molar-refractivity contribution in [2.75, 3.05) is 5.73 Å². The van der Waals surface area contributed by atoms with Crippen molar-refractivity contribution in [1.82, 2.24) is 9.55 Å². The molecule has 1 saturated carbocycles. The average molecular weight is 241 g/mol. The monoisotopic (exact) mass is 241 g/mol. The van der Waals surface area contributed by atoms with Crippen LogP contribution in [0.15, 0.2) is 17.1 Å². The first-order chi connectivity index (χ1) is 7.59. The SMILES string of the molecule is Nc1ccn([C@@H]2S[C@@H]3C(O)C3[C@@H]2O)c(=O)n1. The fourth-order valence-corrected chi connectivity index (χ4v) is 3.85. The van der Waals surface area contributed by atoms with Crippen molar-refractivity contribution in [2.45, 2.75) is 22.8 Å². The second-order valence-corrected chi connectivity index (χ2v) is 5.39. The smallest absolute Gasteiger partial charge is 0.350 e. The number of nitrogens with two attached hydrogens (primary N) is 1. The Bertz CT molecular complexity index is 491. The second-order valence-electron chi connectivity index (χ2n) is 4.09. The van der Waals surface area contributed by atoms with E-state index in [0.717, 1.165) is 0 Å². The summed E-state index contributed by atoms with van der Waals surface area (Å²) >= 11 is 1.41. The van der Waals surface area contributed by atoms with E-state index in [1.54, 1.807) is 0 Å². The lowest BCUT2D eigenvalue weighted by molar-refractivity contribution is 0.105. The maximum atomic E-state index is 11.6. The maximum Gasteiger partial charge on any atom is 0.350 e. The summed E-state index contributed by atoms with van der Waals surface area (Å²) in [7, 11) is 0. The van der Waals surface area contributed by atoms with Crippen molar-refractivity contribution in [2.24, 2.45) is 5.92 Å². The summed E-state index contributed by atoms with van der Waals surface area (Å²) in [5.41, 5.74) is 4.92. The van der Waals surface area contributed by atoms with Gasteiger partial charge in [-0.2, -0.15) is 4.98 Å². The summed E-state index contributed by atoms with van der Waals surface area (Å²) < 4.78 is 1.37. The Morgan fingerprint density at radius 2 is 2.19 bits per heavy atom. The van der Waals surface area contributed by atoms with E-state index >= 15 is 0 Å². The Morgan fingerprint density at radius 1 is 1.44 bits per heavy atom. The number of anilines is 1. The molecule has 0 amide bonds. The topological polar surface area (TPSA) is 101 Å². The quantitative estimate of drug-likeness (QED) is 0.570. The molecule has 16 heavy (non-hydrogen) atoms. The number of hydrogen-bond donors (Lipinski definition) is 3. The summed E-state index contributed by atoms with van der Waals surface area (Å²) in [6.45, 7) is 0. The molecule has 0 spiro atoms. The van der Waals surface area contributed by atoms with Crippen molar-refractivity contribution in [3.8, 4) is 0 Å². The van der Waals surface area contributed by atoms with Gasteiger partial charge in [0.25, 0.3) is 0 Å². The van der Waals surface area contributed by atoms with Crippen molar-refractivity contribution in [1.29, 1.82) is 0 Å². The highest BCUT2D eigenvalue weighted by atomic mass is 32.2. The summed E-state index contributed by atoms with van der Waals surface area (Å²) in [6.07, 6.45) is 0.393. The molecular formula is C9H11N3O3S. The van der Waals surface area contributed by atoms with Crippen LogP contribution in [0, 0.1) is 5.92 Å². The predicted molar refractivity (Wildman–Crippen MR) is 58.8 cm³/mol. The summed E-state index contributed by atoms with van der Waals surface area (Å²) in [4.78, 5) is 15.2. The van der Waals surface area contributed by atoms with E-state index in [1.807, 2.05) is 0 Å². The molecule has 0 aromatic carbocycles. The number of nitrogens with zero attached hydrogens (tertiary/aromatic N) is 2. The molecule has 4 N–H and O–H groups in total. The molecular weight excluding hydrogens is 230 g/mol. The highest BCUT2D eigenvalue weighted by molar-refractivity contribution is 8.00. The molecule has 3 rings (SSSR count). The molecule has 2 aliphatic rings. The van der Waals surface area contributed by atoms with Crippen LogP contribution in [0.4, 0.5) is 5.82 Å². The lowest BCUT2D eigenvalue weighted by Crippen LogP contribution is -2.32. The van der Waals surface area contributed by atoms with Crippen LogP contribution in [-0.4, -0.2) is 37.2 Å². The van der Waals surface area contributed by atoms with Crippen molar-refractivity contribution >= 4 is 17.6 Å². The first-order valence-electron chi connectivity index (χ1n) is 4.96. The largest absolute Gasteiger partial charge is 0.392 e. The van der Waals surface area contributed by atoms with Crippen LogP contribution in [0.2, 0.25) is 0 Å². The van der Waals surface area contributed by atoms with Gasteiger partial charge in [-0.25, -0.2) is 4.79 Å². The van der Waals surface area contributed by atoms with E-state index in [4.69, 9.17) is 5.73 Å². The van der Waals surface area contributed by atoms with Gasteiger partial charge in [-0.1, -0.05) is 0 Å². The molecule has 0 radical (unpaired) electrons. The first-order valence-corrected chi connectivity index (χ1v) is 5.90. The number of nitrogen functional groups attached to an aromatic ring is 1. The minimum Gasteiger partial charge on any atom is -0.392 e. The number of aliphatic hydroxyl groups excluding tert-OH is 2. The molecule has 6 nitrogen and oxygen atoms in total. The molecule has 2 unspecified atom stereocenters. The zero-order valence-corrected chi connectivity index (χ0v) is 9.04. The van der Waals surface area contributed by atoms with E-state index in [-0.39, 0.29) is 22.4 Å². The van der Waals surface area contributed by atoms with Gasteiger partial charge in [0, 0.05) is 17.4 Å². The Morgan fingerprint density at radius 3 is 2.75 bits per heavy atom. The number of fused-ring (bicyclic) bond motifs is 1. The van der Waals surface area contributed by atoms with Gasteiger partial charge in [0.05, 0.1) is 12.2 Å². The van der Waals surface area contributed by atoms with E-state index < -0.39 is 17.9 Å². The molecule has 86 valence electrons. The van der Waals surface area contributed by atoms with Gasteiger partial charge < -0.3 is 15.9 Å². The van der Waals surface area contributed by atoms with Gasteiger partial charge in [0.15, 0.2) is 0 Å². The van der Waals surface area contributed by atoms with Crippen LogP contribution in [0.1, 0.15) is 5.37 Å². The molecule has 7 heteroatoms. The first kappa shape index (κ1) is 10.1. The number of aromatic nitrogens is 2. The Labute approximate surface area is 95.1 Å². The molecule has 2 heterocycles. The Kier molecular flexibility index (Phi) is 2.04. The van der Waals surface area contributed by atoms with Gasteiger partial charge in [-0.15, -0.1) is 11.8 Å². The van der Waals surface area contributed by atoms with E-state index in [9.17, 15) is 15.0 Å². The highest BCUT2D eigenvalue weighted by Crippen LogP contribution is 2.58. The zero-order chi connectivity index (χ0) is 11.4. The second kappa shape index (κ2) is 3.22. The fourth-order valence-electron chi connectivity index (χ4n) is 2.14. The van der Waals surface area contributed by atoms with Crippen molar-refractivity contribution in [3.05, 3.63) is 22.7 Å². The highest BCUT2D eigenvalue weighted by Gasteiger charge is 2.62. The van der Waals surface area contributed by atoms with Crippen LogP contribution in [0.3, 0.4) is 0 Å². The van der Waals surface area contributed by atoms with Gasteiger partial charge in [-0.3, -0.25) is 4.57 Å². The van der Waals surface area contributed by atoms with E-state index in [2.05, 4.69) is 4.98 Å². The molecule has 1 aromatic heterocycles. The van der Waals surface area contributed by atoms with Crippen LogP contribution in [0.5, 0.6) is 0 Å². The number of rotatable bonds is 1.